The quantitative estimate of drug-likeness (QED) is 0.304. The molecule has 214 valence electrons. The molecule has 0 heterocycles. The number of amides is 2. The zero-order valence-electron chi connectivity index (χ0n) is 23.7. The Morgan fingerprint density at radius 2 is 1.60 bits per heavy atom. The number of aryl methyl sites for hydroxylation is 2. The molecule has 0 unspecified atom stereocenters. The van der Waals surface area contributed by atoms with Gasteiger partial charge in [-0.05, 0) is 82.0 Å². The molecule has 7 nitrogen and oxygen atoms in total. The summed E-state index contributed by atoms with van der Waals surface area (Å²) >= 11 is 6.17. The molecule has 0 saturated carbocycles. The Hall–Kier alpha value is -3.36. The van der Waals surface area contributed by atoms with Gasteiger partial charge in [-0.3, -0.25) is 13.9 Å². The third-order valence-corrected chi connectivity index (χ3v) is 8.98. The minimum absolute atomic E-state index is 0.0591. The van der Waals surface area contributed by atoms with Gasteiger partial charge in [0.05, 0.1) is 10.6 Å². The van der Waals surface area contributed by atoms with E-state index in [4.69, 9.17) is 11.6 Å². The number of nitrogens with one attached hydrogen (secondary N) is 1. The highest BCUT2D eigenvalue weighted by molar-refractivity contribution is 7.92. The van der Waals surface area contributed by atoms with Gasteiger partial charge in [-0.2, -0.15) is 0 Å². The van der Waals surface area contributed by atoms with Crippen LogP contribution in [0.25, 0.3) is 0 Å². The van der Waals surface area contributed by atoms with Crippen LogP contribution in [-0.2, 0) is 26.0 Å². The van der Waals surface area contributed by atoms with Crippen LogP contribution < -0.4 is 9.62 Å². The van der Waals surface area contributed by atoms with E-state index >= 15 is 0 Å². The number of carbonyl (C=O) groups is 2. The minimum Gasteiger partial charge on any atom is -0.352 e. The van der Waals surface area contributed by atoms with Crippen molar-refractivity contribution < 1.29 is 18.0 Å². The highest BCUT2D eigenvalue weighted by Crippen LogP contribution is 2.29. The summed E-state index contributed by atoms with van der Waals surface area (Å²) in [4.78, 5) is 28.6. The van der Waals surface area contributed by atoms with Crippen molar-refractivity contribution in [3.63, 3.8) is 0 Å². The van der Waals surface area contributed by atoms with Crippen molar-refractivity contribution in [3.05, 3.63) is 94.5 Å². The molecule has 0 radical (unpaired) electrons. The number of hydrogen-bond donors (Lipinski definition) is 1. The molecule has 0 bridgehead atoms. The van der Waals surface area contributed by atoms with E-state index < -0.39 is 28.5 Å². The van der Waals surface area contributed by atoms with Crippen LogP contribution >= 0.6 is 11.6 Å². The fourth-order valence-corrected chi connectivity index (χ4v) is 5.99. The molecular formula is C31H38ClN3O4S. The van der Waals surface area contributed by atoms with Crippen molar-refractivity contribution >= 4 is 39.1 Å². The molecule has 3 aromatic rings. The van der Waals surface area contributed by atoms with E-state index in [9.17, 15) is 18.0 Å². The van der Waals surface area contributed by atoms with Crippen LogP contribution in [0.4, 0.5) is 5.69 Å². The summed E-state index contributed by atoms with van der Waals surface area (Å²) in [6.07, 6.45) is 1.26. The lowest BCUT2D eigenvalue weighted by Crippen LogP contribution is -2.53. The number of carbonyl (C=O) groups excluding carboxylic acids is 2. The first-order valence-corrected chi connectivity index (χ1v) is 15.2. The Bertz CT molecular complexity index is 1410. The number of anilines is 1. The summed E-state index contributed by atoms with van der Waals surface area (Å²) < 4.78 is 29.0. The molecule has 0 spiro atoms. The molecule has 40 heavy (non-hydrogen) atoms. The lowest BCUT2D eigenvalue weighted by Gasteiger charge is -2.33. The Balaban J connectivity index is 2.01. The molecule has 2 atom stereocenters. The average Bonchev–Trinajstić information content (AvgIpc) is 2.92. The topological polar surface area (TPSA) is 86.8 Å². The molecule has 0 saturated heterocycles. The van der Waals surface area contributed by atoms with Gasteiger partial charge < -0.3 is 10.2 Å². The highest BCUT2D eigenvalue weighted by Gasteiger charge is 2.33. The SMILES string of the molecule is CC[C@@H](C)NC(=O)[C@H](C)N(CCc1ccccc1)C(=O)CN(c1ccc(Cl)cc1C)S(=O)(=O)c1ccc(C)cc1. The Kier molecular flexibility index (Phi) is 10.8. The third-order valence-electron chi connectivity index (χ3n) is 6.97. The lowest BCUT2D eigenvalue weighted by atomic mass is 10.1. The molecule has 0 aliphatic heterocycles. The number of sulfonamides is 1. The van der Waals surface area contributed by atoms with Gasteiger partial charge in [0.25, 0.3) is 10.0 Å². The fourth-order valence-electron chi connectivity index (χ4n) is 4.29. The molecule has 3 aromatic carbocycles. The Morgan fingerprint density at radius 1 is 0.950 bits per heavy atom. The monoisotopic (exact) mass is 583 g/mol. The predicted octanol–water partition coefficient (Wildman–Crippen LogP) is 5.53. The smallest absolute Gasteiger partial charge is 0.264 e. The molecule has 2 amide bonds. The standard InChI is InChI=1S/C31H38ClN3O4S/c1-6-24(4)33-31(37)25(5)34(19-18-26-10-8-7-9-11-26)30(36)21-35(29-17-14-27(32)20-23(29)3)40(38,39)28-15-12-22(2)13-16-28/h7-17,20,24-25H,6,18-19,21H2,1-5H3,(H,33,37)/t24-,25+/m1/s1. The first-order valence-electron chi connectivity index (χ1n) is 13.4. The zero-order valence-corrected chi connectivity index (χ0v) is 25.3. The maximum atomic E-state index is 14.0. The first kappa shape index (κ1) is 31.2. The van der Waals surface area contributed by atoms with Crippen molar-refractivity contribution in [2.45, 2.75) is 64.4 Å². The second-order valence-electron chi connectivity index (χ2n) is 10.1. The number of halogens is 1. The summed E-state index contributed by atoms with van der Waals surface area (Å²) in [6.45, 7) is 8.93. The van der Waals surface area contributed by atoms with Gasteiger partial charge >= 0.3 is 0 Å². The molecule has 0 aromatic heterocycles. The van der Waals surface area contributed by atoms with Gasteiger partial charge in [0.15, 0.2) is 0 Å². The van der Waals surface area contributed by atoms with E-state index in [1.54, 1.807) is 44.2 Å². The van der Waals surface area contributed by atoms with Crippen molar-refractivity contribution in [1.82, 2.24) is 10.2 Å². The van der Waals surface area contributed by atoms with Gasteiger partial charge in [0.1, 0.15) is 12.6 Å². The zero-order chi connectivity index (χ0) is 29.4. The second kappa shape index (κ2) is 13.8. The van der Waals surface area contributed by atoms with Crippen LogP contribution in [0.2, 0.25) is 5.02 Å². The van der Waals surface area contributed by atoms with Gasteiger partial charge in [-0.15, -0.1) is 0 Å². The minimum atomic E-state index is -4.13. The maximum Gasteiger partial charge on any atom is 0.264 e. The van der Waals surface area contributed by atoms with E-state index in [0.717, 1.165) is 21.9 Å². The van der Waals surface area contributed by atoms with E-state index in [-0.39, 0.29) is 23.4 Å². The molecule has 3 rings (SSSR count). The van der Waals surface area contributed by atoms with Crippen molar-refractivity contribution in [2.24, 2.45) is 0 Å². The second-order valence-corrected chi connectivity index (χ2v) is 12.4. The van der Waals surface area contributed by atoms with Crippen LogP contribution in [0.15, 0.2) is 77.7 Å². The van der Waals surface area contributed by atoms with Crippen LogP contribution in [0.1, 0.15) is 43.9 Å². The summed E-state index contributed by atoms with van der Waals surface area (Å²) in [5.41, 5.74) is 2.87. The average molecular weight is 584 g/mol. The number of benzene rings is 3. The van der Waals surface area contributed by atoms with Gasteiger partial charge in [-0.25, -0.2) is 8.42 Å². The van der Waals surface area contributed by atoms with E-state index in [0.29, 0.717) is 22.7 Å². The van der Waals surface area contributed by atoms with E-state index in [1.165, 1.54) is 17.0 Å². The van der Waals surface area contributed by atoms with Crippen molar-refractivity contribution in [3.8, 4) is 0 Å². The third kappa shape index (κ3) is 7.86. The lowest BCUT2D eigenvalue weighted by molar-refractivity contribution is -0.139. The van der Waals surface area contributed by atoms with Crippen LogP contribution in [-0.4, -0.2) is 50.3 Å². The van der Waals surface area contributed by atoms with Gasteiger partial charge in [0.2, 0.25) is 11.8 Å². The largest absolute Gasteiger partial charge is 0.352 e. The normalized spacial score (nSPS) is 12.8. The summed E-state index contributed by atoms with van der Waals surface area (Å²) in [6, 6.07) is 20.2. The first-order chi connectivity index (χ1) is 18.9. The Morgan fingerprint density at radius 3 is 2.20 bits per heavy atom. The maximum absolute atomic E-state index is 14.0. The highest BCUT2D eigenvalue weighted by atomic mass is 35.5. The summed E-state index contributed by atoms with van der Waals surface area (Å²) in [5.74, 6) is -0.765. The van der Waals surface area contributed by atoms with Crippen LogP contribution in [0, 0.1) is 13.8 Å². The molecule has 0 aliphatic rings. The fraction of sp³-hybridized carbons (Fsp3) is 0.355. The van der Waals surface area contributed by atoms with E-state index in [2.05, 4.69) is 5.32 Å². The molecule has 0 fully saturated rings. The van der Waals surface area contributed by atoms with Crippen molar-refractivity contribution in [2.75, 3.05) is 17.4 Å². The molecule has 1 N–H and O–H groups in total. The van der Waals surface area contributed by atoms with Crippen LogP contribution in [0.5, 0.6) is 0 Å². The predicted molar refractivity (Wildman–Crippen MR) is 161 cm³/mol. The summed E-state index contributed by atoms with van der Waals surface area (Å²) in [7, 11) is -4.13. The number of rotatable bonds is 12. The molecular weight excluding hydrogens is 546 g/mol. The van der Waals surface area contributed by atoms with E-state index in [1.807, 2.05) is 51.1 Å². The van der Waals surface area contributed by atoms with Gasteiger partial charge in [-0.1, -0.05) is 66.6 Å². The van der Waals surface area contributed by atoms with Crippen LogP contribution in [0.3, 0.4) is 0 Å². The van der Waals surface area contributed by atoms with Gasteiger partial charge in [0, 0.05) is 17.6 Å². The number of hydrogen-bond acceptors (Lipinski definition) is 4. The summed E-state index contributed by atoms with van der Waals surface area (Å²) in [5, 5.41) is 3.40. The number of nitrogens with zero attached hydrogens (tertiary/aromatic N) is 2. The molecule has 9 heteroatoms. The Labute approximate surface area is 243 Å². The van der Waals surface area contributed by atoms with Crippen molar-refractivity contribution in [1.29, 1.82) is 0 Å². The molecule has 0 aliphatic carbocycles.